The van der Waals surface area contributed by atoms with Crippen molar-refractivity contribution in [1.82, 2.24) is 25.1 Å². The molecular formula is C30H29FN6S. The van der Waals surface area contributed by atoms with Gasteiger partial charge >= 0.3 is 0 Å². The van der Waals surface area contributed by atoms with Crippen molar-refractivity contribution in [3.63, 3.8) is 0 Å². The summed E-state index contributed by atoms with van der Waals surface area (Å²) in [6.45, 7) is 14.2. The highest BCUT2D eigenvalue weighted by Crippen LogP contribution is 2.32. The van der Waals surface area contributed by atoms with E-state index in [1.54, 1.807) is 29.8 Å². The van der Waals surface area contributed by atoms with Crippen LogP contribution in [0, 0.1) is 5.92 Å². The first-order chi connectivity index (χ1) is 18.4. The molecule has 0 bridgehead atoms. The van der Waals surface area contributed by atoms with Crippen LogP contribution >= 0.6 is 11.3 Å². The molecular weight excluding hydrogens is 495 g/mol. The summed E-state index contributed by atoms with van der Waals surface area (Å²) >= 11 is 1.65. The van der Waals surface area contributed by atoms with E-state index in [4.69, 9.17) is 4.98 Å². The average Bonchev–Trinajstić information content (AvgIpc) is 3.66. The zero-order chi connectivity index (χ0) is 26.8. The van der Waals surface area contributed by atoms with Crippen molar-refractivity contribution in [2.45, 2.75) is 27.2 Å². The summed E-state index contributed by atoms with van der Waals surface area (Å²) < 4.78 is 16.2. The SMILES string of the molecule is C=C(CC(C)C)Nc1cncc(C(=C)/C(F)=c2/c(-c3nc4c(-c5cccs5)cccc4[nH]3)n[nH]/c2=C/C)c1. The van der Waals surface area contributed by atoms with Gasteiger partial charge in [-0.1, -0.05) is 51.3 Å². The van der Waals surface area contributed by atoms with Gasteiger partial charge in [-0.2, -0.15) is 5.10 Å². The number of fused-ring (bicyclic) bond motifs is 1. The van der Waals surface area contributed by atoms with Gasteiger partial charge in [0.05, 0.1) is 33.5 Å². The molecule has 5 rings (SSSR count). The van der Waals surface area contributed by atoms with Crippen LogP contribution in [-0.2, 0) is 0 Å². The Balaban J connectivity index is 1.58. The number of anilines is 1. The van der Waals surface area contributed by atoms with Crippen LogP contribution in [0.4, 0.5) is 10.1 Å². The Morgan fingerprint density at radius 2 is 2.03 bits per heavy atom. The number of nitrogens with one attached hydrogen (secondary N) is 3. The van der Waals surface area contributed by atoms with Gasteiger partial charge in [0.1, 0.15) is 11.5 Å². The minimum atomic E-state index is -0.499. The number of hydrogen-bond acceptors (Lipinski definition) is 5. The Labute approximate surface area is 224 Å². The first-order valence-electron chi connectivity index (χ1n) is 12.4. The maximum Gasteiger partial charge on any atom is 0.159 e. The molecule has 0 amide bonds. The molecule has 1 aromatic carbocycles. The summed E-state index contributed by atoms with van der Waals surface area (Å²) in [4.78, 5) is 13.6. The molecule has 192 valence electrons. The number of pyridine rings is 1. The second kappa shape index (κ2) is 10.6. The van der Waals surface area contributed by atoms with E-state index in [1.165, 1.54) is 0 Å². The molecule has 0 unspecified atom stereocenters. The normalized spacial score (nSPS) is 12.8. The molecule has 4 heterocycles. The lowest BCUT2D eigenvalue weighted by Crippen LogP contribution is -2.26. The number of H-pyrrole nitrogens is 2. The lowest BCUT2D eigenvalue weighted by atomic mass is 10.1. The molecule has 0 aliphatic heterocycles. The molecule has 5 aromatic rings. The molecule has 38 heavy (non-hydrogen) atoms. The number of imidazole rings is 1. The van der Waals surface area contributed by atoms with Gasteiger partial charge in [-0.05, 0) is 42.8 Å². The summed E-state index contributed by atoms with van der Waals surface area (Å²) in [6.07, 6.45) is 5.90. The van der Waals surface area contributed by atoms with Crippen molar-refractivity contribution in [3.05, 3.63) is 89.2 Å². The number of allylic oxidation sites excluding steroid dienone is 2. The summed E-state index contributed by atoms with van der Waals surface area (Å²) in [7, 11) is 0. The second-order valence-corrected chi connectivity index (χ2v) is 10.4. The van der Waals surface area contributed by atoms with Crippen molar-refractivity contribution >= 4 is 45.5 Å². The Morgan fingerprint density at radius 1 is 1.18 bits per heavy atom. The molecule has 0 saturated carbocycles. The summed E-state index contributed by atoms with van der Waals surface area (Å²) in [5.41, 5.74) is 5.44. The van der Waals surface area contributed by atoms with Crippen LogP contribution in [0.25, 0.3) is 50.5 Å². The highest BCUT2D eigenvalue weighted by Gasteiger charge is 2.18. The minimum absolute atomic E-state index is 0.205. The third kappa shape index (κ3) is 4.95. The van der Waals surface area contributed by atoms with Gasteiger partial charge < -0.3 is 10.3 Å². The van der Waals surface area contributed by atoms with Crippen LogP contribution in [0.5, 0.6) is 0 Å². The molecule has 6 nitrogen and oxygen atoms in total. The fraction of sp³-hybridized carbons (Fsp3) is 0.167. The monoisotopic (exact) mass is 524 g/mol. The van der Waals surface area contributed by atoms with E-state index in [0.717, 1.165) is 39.3 Å². The fourth-order valence-electron chi connectivity index (χ4n) is 4.43. The van der Waals surface area contributed by atoms with Crippen LogP contribution in [0.15, 0.2) is 73.0 Å². The van der Waals surface area contributed by atoms with Gasteiger partial charge in [0.25, 0.3) is 0 Å². The highest BCUT2D eigenvalue weighted by atomic mass is 32.1. The van der Waals surface area contributed by atoms with E-state index in [-0.39, 0.29) is 5.57 Å². The van der Waals surface area contributed by atoms with Gasteiger partial charge in [0, 0.05) is 33.5 Å². The fourth-order valence-corrected chi connectivity index (χ4v) is 5.18. The number of benzene rings is 1. The Morgan fingerprint density at radius 3 is 2.76 bits per heavy atom. The summed E-state index contributed by atoms with van der Waals surface area (Å²) in [5.74, 6) is 0.445. The second-order valence-electron chi connectivity index (χ2n) is 9.50. The standard InChI is InChI=1S/C30H29FN6S/c1-6-23-26(27(31)19(5)20-14-21(16-32-15-20)33-18(4)13-17(2)3)29(37-36-23)30-34-24-10-7-9-22(28(24)35-30)25-11-8-12-38-25/h6-12,14-17,33,36H,4-5,13H2,1-3H3,(H,34,35)/b23-6+,27-26-. The lowest BCUT2D eigenvalue weighted by molar-refractivity contribution is 0.645. The van der Waals surface area contributed by atoms with Gasteiger partial charge in [-0.25, -0.2) is 9.37 Å². The van der Waals surface area contributed by atoms with Crippen LogP contribution in [0.2, 0.25) is 0 Å². The zero-order valence-corrected chi connectivity index (χ0v) is 22.4. The molecule has 0 saturated heterocycles. The van der Waals surface area contributed by atoms with E-state index in [0.29, 0.717) is 33.6 Å². The van der Waals surface area contributed by atoms with E-state index < -0.39 is 5.83 Å². The van der Waals surface area contributed by atoms with Gasteiger partial charge in [0.2, 0.25) is 0 Å². The highest BCUT2D eigenvalue weighted by molar-refractivity contribution is 7.13. The van der Waals surface area contributed by atoms with Crippen molar-refractivity contribution < 1.29 is 4.39 Å². The van der Waals surface area contributed by atoms with Gasteiger partial charge in [-0.15, -0.1) is 11.3 Å². The van der Waals surface area contributed by atoms with Crippen LogP contribution in [-0.4, -0.2) is 25.1 Å². The molecule has 0 atom stereocenters. The van der Waals surface area contributed by atoms with Gasteiger partial charge in [0.15, 0.2) is 5.82 Å². The smallest absolute Gasteiger partial charge is 0.159 e. The molecule has 3 N–H and O–H groups in total. The molecule has 0 fully saturated rings. The predicted molar refractivity (Wildman–Crippen MR) is 156 cm³/mol. The van der Waals surface area contributed by atoms with Crippen molar-refractivity contribution in [2.75, 3.05) is 5.32 Å². The van der Waals surface area contributed by atoms with Crippen LogP contribution in [0.3, 0.4) is 0 Å². The number of rotatable bonds is 8. The topological polar surface area (TPSA) is 82.3 Å². The largest absolute Gasteiger partial charge is 0.358 e. The Kier molecular flexibility index (Phi) is 7.07. The third-order valence-corrected chi connectivity index (χ3v) is 7.06. The number of para-hydroxylation sites is 1. The number of aromatic nitrogens is 5. The molecule has 0 radical (unpaired) electrons. The zero-order valence-electron chi connectivity index (χ0n) is 21.6. The van der Waals surface area contributed by atoms with E-state index in [2.05, 4.69) is 58.6 Å². The maximum atomic E-state index is 16.2. The van der Waals surface area contributed by atoms with Crippen molar-refractivity contribution in [2.24, 2.45) is 5.92 Å². The third-order valence-electron chi connectivity index (χ3n) is 6.15. The first kappa shape index (κ1) is 25.4. The summed E-state index contributed by atoms with van der Waals surface area (Å²) in [6, 6.07) is 11.9. The molecule has 0 aliphatic rings. The van der Waals surface area contributed by atoms with Crippen molar-refractivity contribution in [3.8, 4) is 22.0 Å². The van der Waals surface area contributed by atoms with E-state index in [1.807, 2.05) is 42.6 Å². The molecule has 4 aromatic heterocycles. The first-order valence-corrected chi connectivity index (χ1v) is 13.3. The van der Waals surface area contributed by atoms with E-state index >= 15 is 4.39 Å². The molecule has 0 aliphatic carbocycles. The minimum Gasteiger partial charge on any atom is -0.358 e. The number of hydrogen-bond donors (Lipinski definition) is 3. The number of nitrogens with zero attached hydrogens (tertiary/aromatic N) is 3. The average molecular weight is 525 g/mol. The quantitative estimate of drug-likeness (QED) is 0.213. The maximum absolute atomic E-state index is 16.2. The van der Waals surface area contributed by atoms with Crippen molar-refractivity contribution in [1.29, 1.82) is 0 Å². The molecule has 0 spiro atoms. The van der Waals surface area contributed by atoms with Gasteiger partial charge in [-0.3, -0.25) is 10.1 Å². The number of halogens is 1. The predicted octanol–water partition coefficient (Wildman–Crippen LogP) is 6.64. The number of thiophene rings is 1. The lowest BCUT2D eigenvalue weighted by Gasteiger charge is -2.12. The Hall–Kier alpha value is -4.30. The van der Waals surface area contributed by atoms with Crippen LogP contribution in [0.1, 0.15) is 32.8 Å². The van der Waals surface area contributed by atoms with E-state index in [9.17, 15) is 0 Å². The molecule has 8 heteroatoms. The number of aromatic amines is 2. The summed E-state index contributed by atoms with van der Waals surface area (Å²) in [5, 5.41) is 13.5. The Bertz CT molecular complexity index is 1760. The van der Waals surface area contributed by atoms with Crippen LogP contribution < -0.4 is 15.9 Å².